The molecular weight excluding hydrogens is 238 g/mol. The highest BCUT2D eigenvalue weighted by molar-refractivity contribution is 6.32. The quantitative estimate of drug-likeness (QED) is 0.898. The molecule has 1 fully saturated rings. The standard InChI is InChI=1S/C13H18ClNO2/c1-9-5-13(16-2)12(14)7-10(9)6-11-8-15-3-4-17-11/h5,7,11,15H,3-4,6,8H2,1-2H3. The summed E-state index contributed by atoms with van der Waals surface area (Å²) in [6.07, 6.45) is 1.13. The van der Waals surface area contributed by atoms with E-state index in [1.165, 1.54) is 11.1 Å². The van der Waals surface area contributed by atoms with E-state index in [1.807, 2.05) is 12.1 Å². The lowest BCUT2D eigenvalue weighted by Crippen LogP contribution is -2.39. The van der Waals surface area contributed by atoms with Crippen LogP contribution in [0.3, 0.4) is 0 Å². The van der Waals surface area contributed by atoms with Crippen molar-refractivity contribution in [1.29, 1.82) is 0 Å². The van der Waals surface area contributed by atoms with Gasteiger partial charge < -0.3 is 14.8 Å². The highest BCUT2D eigenvalue weighted by Crippen LogP contribution is 2.28. The molecule has 4 heteroatoms. The van der Waals surface area contributed by atoms with Crippen molar-refractivity contribution in [3.8, 4) is 5.75 Å². The fraction of sp³-hybridized carbons (Fsp3) is 0.538. The van der Waals surface area contributed by atoms with E-state index in [2.05, 4.69) is 12.2 Å². The van der Waals surface area contributed by atoms with Crippen LogP contribution in [0.4, 0.5) is 0 Å². The molecule has 0 amide bonds. The molecule has 1 saturated heterocycles. The van der Waals surface area contributed by atoms with E-state index in [-0.39, 0.29) is 6.10 Å². The summed E-state index contributed by atoms with van der Waals surface area (Å²) < 4.78 is 10.9. The maximum atomic E-state index is 6.14. The molecule has 1 atom stereocenters. The minimum atomic E-state index is 0.243. The number of ether oxygens (including phenoxy) is 2. The van der Waals surface area contributed by atoms with Crippen LogP contribution in [0.15, 0.2) is 12.1 Å². The number of methoxy groups -OCH3 is 1. The van der Waals surface area contributed by atoms with Gasteiger partial charge in [0.15, 0.2) is 0 Å². The molecule has 1 aromatic carbocycles. The molecule has 1 aliphatic heterocycles. The molecular formula is C13H18ClNO2. The lowest BCUT2D eigenvalue weighted by molar-refractivity contribution is 0.0291. The Kier molecular flexibility index (Phi) is 4.26. The largest absolute Gasteiger partial charge is 0.495 e. The zero-order valence-electron chi connectivity index (χ0n) is 10.3. The van der Waals surface area contributed by atoms with Gasteiger partial charge in [-0.25, -0.2) is 0 Å². The number of nitrogens with one attached hydrogen (secondary N) is 1. The summed E-state index contributed by atoms with van der Waals surface area (Å²) in [6, 6.07) is 3.96. The zero-order valence-corrected chi connectivity index (χ0v) is 11.0. The highest BCUT2D eigenvalue weighted by atomic mass is 35.5. The predicted molar refractivity (Wildman–Crippen MR) is 69.1 cm³/mol. The monoisotopic (exact) mass is 255 g/mol. The summed E-state index contributed by atoms with van der Waals surface area (Å²) >= 11 is 6.14. The zero-order chi connectivity index (χ0) is 12.3. The van der Waals surface area contributed by atoms with Crippen LogP contribution in [0.1, 0.15) is 11.1 Å². The Morgan fingerprint density at radius 3 is 3.00 bits per heavy atom. The lowest BCUT2D eigenvalue weighted by Gasteiger charge is -2.24. The summed E-state index contributed by atoms with van der Waals surface area (Å²) in [5, 5.41) is 3.99. The average molecular weight is 256 g/mol. The van der Waals surface area contributed by atoms with Crippen molar-refractivity contribution in [3.05, 3.63) is 28.3 Å². The Morgan fingerprint density at radius 1 is 1.53 bits per heavy atom. The van der Waals surface area contributed by atoms with Gasteiger partial charge in [0, 0.05) is 19.5 Å². The van der Waals surface area contributed by atoms with E-state index in [0.29, 0.717) is 5.02 Å². The molecule has 0 bridgehead atoms. The van der Waals surface area contributed by atoms with Crippen molar-refractivity contribution in [1.82, 2.24) is 5.32 Å². The lowest BCUT2D eigenvalue weighted by atomic mass is 10.0. The van der Waals surface area contributed by atoms with Gasteiger partial charge in [0.1, 0.15) is 5.75 Å². The number of hydrogen-bond acceptors (Lipinski definition) is 3. The van der Waals surface area contributed by atoms with Gasteiger partial charge in [0.25, 0.3) is 0 Å². The van der Waals surface area contributed by atoms with Crippen LogP contribution in [-0.4, -0.2) is 32.9 Å². The maximum Gasteiger partial charge on any atom is 0.137 e. The van der Waals surface area contributed by atoms with Crippen molar-refractivity contribution in [2.75, 3.05) is 26.8 Å². The molecule has 0 radical (unpaired) electrons. The summed E-state index contributed by atoms with van der Waals surface area (Å²) in [5.74, 6) is 0.732. The first-order valence-electron chi connectivity index (χ1n) is 5.86. The average Bonchev–Trinajstić information content (AvgIpc) is 2.34. The van der Waals surface area contributed by atoms with Gasteiger partial charge in [-0.2, -0.15) is 0 Å². The Bertz CT molecular complexity index is 389. The van der Waals surface area contributed by atoms with Gasteiger partial charge in [0.05, 0.1) is 24.8 Å². The van der Waals surface area contributed by atoms with Gasteiger partial charge in [-0.05, 0) is 30.2 Å². The van der Waals surface area contributed by atoms with Crippen LogP contribution < -0.4 is 10.1 Å². The number of halogens is 1. The minimum absolute atomic E-state index is 0.243. The van der Waals surface area contributed by atoms with Crippen LogP contribution in [-0.2, 0) is 11.2 Å². The molecule has 1 aliphatic rings. The molecule has 1 unspecified atom stereocenters. The van der Waals surface area contributed by atoms with Gasteiger partial charge in [0.2, 0.25) is 0 Å². The fourth-order valence-corrected chi connectivity index (χ4v) is 2.33. The summed E-state index contributed by atoms with van der Waals surface area (Å²) in [5.41, 5.74) is 2.42. The Morgan fingerprint density at radius 2 is 2.35 bits per heavy atom. The van der Waals surface area contributed by atoms with Gasteiger partial charge in [-0.15, -0.1) is 0 Å². The fourth-order valence-electron chi connectivity index (χ4n) is 2.07. The number of rotatable bonds is 3. The van der Waals surface area contributed by atoms with Gasteiger partial charge in [-0.1, -0.05) is 11.6 Å². The number of morpholine rings is 1. The third-order valence-corrected chi connectivity index (χ3v) is 3.36. The SMILES string of the molecule is COc1cc(C)c(CC2CNCCO2)cc1Cl. The van der Waals surface area contributed by atoms with E-state index in [1.54, 1.807) is 7.11 Å². The first kappa shape index (κ1) is 12.7. The third-order valence-electron chi connectivity index (χ3n) is 3.06. The topological polar surface area (TPSA) is 30.5 Å². The number of benzene rings is 1. The second kappa shape index (κ2) is 5.71. The van der Waals surface area contributed by atoms with Crippen LogP contribution in [0.25, 0.3) is 0 Å². The van der Waals surface area contributed by atoms with E-state index >= 15 is 0 Å². The summed E-state index contributed by atoms with van der Waals surface area (Å²) in [4.78, 5) is 0. The van der Waals surface area contributed by atoms with Crippen LogP contribution in [0.5, 0.6) is 5.75 Å². The number of hydrogen-bond donors (Lipinski definition) is 1. The predicted octanol–water partition coefficient (Wildman–Crippen LogP) is 2.19. The molecule has 1 aromatic rings. The molecule has 1 heterocycles. The number of aryl methyl sites for hydroxylation is 1. The van der Waals surface area contributed by atoms with E-state index < -0.39 is 0 Å². The first-order valence-corrected chi connectivity index (χ1v) is 6.24. The van der Waals surface area contributed by atoms with E-state index in [4.69, 9.17) is 21.1 Å². The van der Waals surface area contributed by atoms with Crippen molar-refractivity contribution >= 4 is 11.6 Å². The van der Waals surface area contributed by atoms with Crippen molar-refractivity contribution < 1.29 is 9.47 Å². The highest BCUT2D eigenvalue weighted by Gasteiger charge is 2.16. The van der Waals surface area contributed by atoms with Gasteiger partial charge >= 0.3 is 0 Å². The molecule has 3 nitrogen and oxygen atoms in total. The molecule has 94 valence electrons. The van der Waals surface area contributed by atoms with Crippen LogP contribution >= 0.6 is 11.6 Å². The maximum absolute atomic E-state index is 6.14. The smallest absolute Gasteiger partial charge is 0.137 e. The molecule has 2 rings (SSSR count). The second-order valence-electron chi connectivity index (χ2n) is 4.31. The third kappa shape index (κ3) is 3.12. The normalized spacial score (nSPS) is 20.3. The molecule has 0 saturated carbocycles. The molecule has 0 aliphatic carbocycles. The van der Waals surface area contributed by atoms with Gasteiger partial charge in [-0.3, -0.25) is 0 Å². The molecule has 0 spiro atoms. The second-order valence-corrected chi connectivity index (χ2v) is 4.72. The van der Waals surface area contributed by atoms with Crippen LogP contribution in [0, 0.1) is 6.92 Å². The van der Waals surface area contributed by atoms with Crippen LogP contribution in [0.2, 0.25) is 5.02 Å². The van der Waals surface area contributed by atoms with Crippen molar-refractivity contribution in [3.63, 3.8) is 0 Å². The Balaban J connectivity index is 2.12. The van der Waals surface area contributed by atoms with Crippen molar-refractivity contribution in [2.45, 2.75) is 19.4 Å². The van der Waals surface area contributed by atoms with Crippen molar-refractivity contribution in [2.24, 2.45) is 0 Å². The summed E-state index contributed by atoms with van der Waals surface area (Å²) in [7, 11) is 1.63. The molecule has 0 aromatic heterocycles. The summed E-state index contributed by atoms with van der Waals surface area (Å²) in [6.45, 7) is 4.71. The first-order chi connectivity index (χ1) is 8.20. The molecule has 17 heavy (non-hydrogen) atoms. The Hall–Kier alpha value is -0.770. The molecule has 1 N–H and O–H groups in total. The minimum Gasteiger partial charge on any atom is -0.495 e. The Labute approximate surface area is 107 Å². The van der Waals surface area contributed by atoms with E-state index in [9.17, 15) is 0 Å². The van der Waals surface area contributed by atoms with E-state index in [0.717, 1.165) is 31.9 Å².